The maximum atomic E-state index is 6.15. The van der Waals surface area contributed by atoms with Crippen molar-refractivity contribution in [2.75, 3.05) is 25.4 Å². The van der Waals surface area contributed by atoms with E-state index in [1.807, 2.05) is 6.07 Å². The Labute approximate surface area is 179 Å². The monoisotopic (exact) mass is 480 g/mol. The molecule has 0 unspecified atom stereocenters. The summed E-state index contributed by atoms with van der Waals surface area (Å²) in [6.45, 7) is 3.11. The molecule has 0 atom stereocenters. The van der Waals surface area contributed by atoms with Crippen molar-refractivity contribution in [2.24, 2.45) is 0 Å². The number of nitrogen functional groups attached to an aromatic ring is 1. The summed E-state index contributed by atoms with van der Waals surface area (Å²) in [5, 5.41) is 0.463. The maximum Gasteiger partial charge on any atom is 0.146 e. The van der Waals surface area contributed by atoms with Crippen LogP contribution in [-0.2, 0) is 11.3 Å². The molecule has 0 saturated carbocycles. The quantitative estimate of drug-likeness (QED) is 0.476. The van der Waals surface area contributed by atoms with Crippen LogP contribution in [0.3, 0.4) is 0 Å². The molecule has 0 amide bonds. The van der Waals surface area contributed by atoms with Crippen LogP contribution in [0.4, 0.5) is 5.69 Å². The highest BCUT2D eigenvalue weighted by Crippen LogP contribution is 2.33. The van der Waals surface area contributed by atoms with Gasteiger partial charge in [0.2, 0.25) is 0 Å². The fourth-order valence-corrected chi connectivity index (χ4v) is 3.00. The number of nitrogens with zero attached hydrogens (tertiary/aromatic N) is 1. The molecule has 1 saturated heterocycles. The number of rotatable bonds is 4. The van der Waals surface area contributed by atoms with Gasteiger partial charge in [-0.1, -0.05) is 41.9 Å². The Hall–Kier alpha value is -1.11. The number of ether oxygens (including phenoxy) is 2. The average Bonchev–Trinajstić information content (AvgIpc) is 2.58. The van der Waals surface area contributed by atoms with Gasteiger partial charge in [0.1, 0.15) is 24.4 Å². The van der Waals surface area contributed by atoms with E-state index in [0.29, 0.717) is 29.6 Å². The van der Waals surface area contributed by atoms with E-state index in [1.165, 1.54) is 5.56 Å². The van der Waals surface area contributed by atoms with Crippen molar-refractivity contribution >= 4 is 58.0 Å². The molecule has 0 bridgehead atoms. The van der Waals surface area contributed by atoms with Crippen LogP contribution in [0.1, 0.15) is 5.56 Å². The second kappa shape index (κ2) is 10.9. The third-order valence-electron chi connectivity index (χ3n) is 3.69. The second-order valence-electron chi connectivity index (χ2n) is 5.55. The number of nitrogens with two attached hydrogens (primary N) is 1. The molecule has 1 fully saturated rings. The van der Waals surface area contributed by atoms with Crippen LogP contribution in [0, 0.1) is 0 Å². The lowest BCUT2D eigenvalue weighted by atomic mass is 10.2. The second-order valence-corrected chi connectivity index (χ2v) is 6.81. The van der Waals surface area contributed by atoms with Crippen molar-refractivity contribution in [3.05, 3.63) is 69.5 Å². The Morgan fingerprint density at radius 1 is 1.23 bits per heavy atom. The summed E-state index contributed by atoms with van der Waals surface area (Å²) in [4.78, 5) is 2.31. The number of morpholine rings is 1. The minimum Gasteiger partial charge on any atom is -0.492 e. The third kappa shape index (κ3) is 6.25. The molecule has 1 heterocycles. The fourth-order valence-electron chi connectivity index (χ4n) is 2.46. The summed E-state index contributed by atoms with van der Waals surface area (Å²) in [7, 11) is 0. The van der Waals surface area contributed by atoms with Crippen LogP contribution in [0.25, 0.3) is 0 Å². The average molecular weight is 483 g/mol. The number of benzene rings is 2. The van der Waals surface area contributed by atoms with Gasteiger partial charge in [-0.25, -0.2) is 0 Å². The summed E-state index contributed by atoms with van der Waals surface area (Å²) in [5.74, 6) is 1.32. The minimum absolute atomic E-state index is 0. The maximum absolute atomic E-state index is 6.15. The van der Waals surface area contributed by atoms with Crippen LogP contribution in [0.5, 0.6) is 5.75 Å². The van der Waals surface area contributed by atoms with E-state index in [0.717, 1.165) is 23.3 Å². The fraction of sp³-hybridized carbons (Fsp3) is 0.222. The molecule has 1 aliphatic heterocycles. The van der Waals surface area contributed by atoms with E-state index < -0.39 is 0 Å². The molecule has 1 aliphatic rings. The molecule has 2 aromatic rings. The number of hydrogen-bond donors (Lipinski definition) is 1. The molecular formula is C18H20BrCl3N2O2. The normalized spacial score (nSPS) is 15.5. The van der Waals surface area contributed by atoms with Crippen molar-refractivity contribution in [2.45, 2.75) is 6.54 Å². The Kier molecular flexibility index (Phi) is 9.61. The van der Waals surface area contributed by atoms with Crippen LogP contribution < -0.4 is 10.5 Å². The molecule has 8 heteroatoms. The van der Waals surface area contributed by atoms with Gasteiger partial charge in [0.25, 0.3) is 0 Å². The largest absolute Gasteiger partial charge is 0.492 e. The van der Waals surface area contributed by atoms with Gasteiger partial charge in [-0.15, -0.1) is 24.8 Å². The van der Waals surface area contributed by atoms with Crippen LogP contribution in [0.15, 0.2) is 59.0 Å². The molecule has 0 radical (unpaired) electrons. The Morgan fingerprint density at radius 3 is 2.69 bits per heavy atom. The summed E-state index contributed by atoms with van der Waals surface area (Å²) < 4.78 is 12.1. The zero-order valence-electron chi connectivity index (χ0n) is 13.9. The summed E-state index contributed by atoms with van der Waals surface area (Å²) in [5.41, 5.74) is 7.64. The molecule has 0 aliphatic carbocycles. The first-order valence-corrected chi connectivity index (χ1v) is 8.78. The molecule has 4 nitrogen and oxygen atoms in total. The summed E-state index contributed by atoms with van der Waals surface area (Å²) in [6.07, 6.45) is 1.61. The molecule has 2 N–H and O–H groups in total. The smallest absolute Gasteiger partial charge is 0.146 e. The van der Waals surface area contributed by atoms with Crippen molar-refractivity contribution in [1.82, 2.24) is 4.90 Å². The van der Waals surface area contributed by atoms with E-state index in [2.05, 4.69) is 45.1 Å². The van der Waals surface area contributed by atoms with Crippen LogP contribution >= 0.6 is 52.3 Å². The van der Waals surface area contributed by atoms with E-state index >= 15 is 0 Å². The summed E-state index contributed by atoms with van der Waals surface area (Å²) in [6, 6.07) is 13.8. The molecule has 0 aromatic heterocycles. The third-order valence-corrected chi connectivity index (χ3v) is 4.67. The van der Waals surface area contributed by atoms with Crippen LogP contribution in [-0.4, -0.2) is 24.6 Å². The Morgan fingerprint density at radius 2 is 1.96 bits per heavy atom. The van der Waals surface area contributed by atoms with Gasteiger partial charge in [0.05, 0.1) is 11.6 Å². The SMILES string of the molecule is Cl.Cl.Nc1cc(Cl)c(OC=C2CN(Cc3ccccc3)CCO2)cc1Br. The lowest BCUT2D eigenvalue weighted by Gasteiger charge is -2.28. The summed E-state index contributed by atoms with van der Waals surface area (Å²) >= 11 is 9.52. The van der Waals surface area contributed by atoms with E-state index in [9.17, 15) is 0 Å². The van der Waals surface area contributed by atoms with E-state index in [4.69, 9.17) is 26.8 Å². The topological polar surface area (TPSA) is 47.7 Å². The Bertz CT molecular complexity index is 745. The zero-order chi connectivity index (χ0) is 16.9. The van der Waals surface area contributed by atoms with Gasteiger partial charge in [-0.3, -0.25) is 4.90 Å². The van der Waals surface area contributed by atoms with Crippen molar-refractivity contribution in [3.63, 3.8) is 0 Å². The van der Waals surface area contributed by atoms with Gasteiger partial charge in [-0.05, 0) is 33.6 Å². The first-order chi connectivity index (χ1) is 11.6. The van der Waals surface area contributed by atoms with Gasteiger partial charge in [0.15, 0.2) is 0 Å². The van der Waals surface area contributed by atoms with E-state index in [-0.39, 0.29) is 24.8 Å². The van der Waals surface area contributed by atoms with Gasteiger partial charge >= 0.3 is 0 Å². The van der Waals surface area contributed by atoms with Crippen molar-refractivity contribution in [1.29, 1.82) is 0 Å². The molecule has 2 aromatic carbocycles. The van der Waals surface area contributed by atoms with Gasteiger partial charge < -0.3 is 15.2 Å². The van der Waals surface area contributed by atoms with Crippen LogP contribution in [0.2, 0.25) is 5.02 Å². The zero-order valence-corrected chi connectivity index (χ0v) is 17.8. The lowest BCUT2D eigenvalue weighted by molar-refractivity contribution is 0.0843. The number of halogens is 4. The molecule has 142 valence electrons. The molecular weight excluding hydrogens is 462 g/mol. The molecule has 0 spiro atoms. The van der Waals surface area contributed by atoms with Crippen molar-refractivity contribution < 1.29 is 9.47 Å². The highest BCUT2D eigenvalue weighted by molar-refractivity contribution is 9.10. The Balaban J connectivity index is 0.00000169. The molecule has 26 heavy (non-hydrogen) atoms. The highest BCUT2D eigenvalue weighted by atomic mass is 79.9. The minimum atomic E-state index is 0. The highest BCUT2D eigenvalue weighted by Gasteiger charge is 2.16. The number of anilines is 1. The first-order valence-electron chi connectivity index (χ1n) is 7.61. The van der Waals surface area contributed by atoms with E-state index in [1.54, 1.807) is 18.4 Å². The predicted molar refractivity (Wildman–Crippen MR) is 114 cm³/mol. The van der Waals surface area contributed by atoms with Gasteiger partial charge in [0, 0.05) is 23.2 Å². The number of hydrogen-bond acceptors (Lipinski definition) is 4. The standard InChI is InChI=1S/C18H18BrClN2O2.2ClH/c19-15-8-18(16(20)9-17(15)21)24-12-14-11-22(6-7-23-14)10-13-4-2-1-3-5-13;;/h1-5,8-9,12H,6-7,10-11,21H2;2*1H. The van der Waals surface area contributed by atoms with Gasteiger partial charge in [-0.2, -0.15) is 0 Å². The lowest BCUT2D eigenvalue weighted by Crippen LogP contribution is -2.34. The van der Waals surface area contributed by atoms with Crippen molar-refractivity contribution in [3.8, 4) is 5.75 Å². The molecule has 3 rings (SSSR count). The predicted octanol–water partition coefficient (Wildman–Crippen LogP) is 5.28. The first kappa shape index (κ1) is 22.9.